The minimum Gasteiger partial charge on any atom is -0.480 e. The topological polar surface area (TPSA) is 57.6 Å². The second-order valence-corrected chi connectivity index (χ2v) is 6.89. The zero-order valence-electron chi connectivity index (χ0n) is 11.2. The first-order valence-corrected chi connectivity index (χ1v) is 6.97. The first-order chi connectivity index (χ1) is 8.84. The Kier molecular flexibility index (Phi) is 3.58. The average molecular weight is 279 g/mol. The van der Waals surface area contributed by atoms with Crippen LogP contribution in [0.5, 0.6) is 0 Å². The van der Waals surface area contributed by atoms with Gasteiger partial charge < -0.3 is 10.0 Å². The molecule has 1 amide bonds. The second-order valence-electron chi connectivity index (χ2n) is 5.15. The Labute approximate surface area is 116 Å². The van der Waals surface area contributed by atoms with Crippen molar-refractivity contribution in [2.45, 2.75) is 36.9 Å². The fourth-order valence-electron chi connectivity index (χ4n) is 2.49. The molecule has 102 valence electrons. The lowest BCUT2D eigenvalue weighted by atomic mass is 10.0. The van der Waals surface area contributed by atoms with E-state index in [9.17, 15) is 14.7 Å². The maximum absolute atomic E-state index is 11.9. The number of nitrogens with zero attached hydrogens (tertiary/aromatic N) is 1. The second kappa shape index (κ2) is 4.89. The van der Waals surface area contributed by atoms with E-state index in [4.69, 9.17) is 0 Å². The van der Waals surface area contributed by atoms with Gasteiger partial charge >= 0.3 is 5.97 Å². The number of carboxylic acids is 1. The molecule has 1 heterocycles. The van der Waals surface area contributed by atoms with Crippen molar-refractivity contribution in [1.82, 2.24) is 4.90 Å². The average Bonchev–Trinajstić information content (AvgIpc) is 2.62. The van der Waals surface area contributed by atoms with Crippen molar-refractivity contribution in [3.05, 3.63) is 35.9 Å². The first kappa shape index (κ1) is 13.9. The van der Waals surface area contributed by atoms with Gasteiger partial charge in [0.2, 0.25) is 5.91 Å². The molecule has 1 aromatic rings. The molecule has 0 radical (unpaired) electrons. The van der Waals surface area contributed by atoms with Crippen molar-refractivity contribution in [3.63, 3.8) is 0 Å². The smallest absolute Gasteiger partial charge is 0.327 e. The minimum atomic E-state index is -0.953. The van der Waals surface area contributed by atoms with Gasteiger partial charge in [-0.25, -0.2) is 4.79 Å². The largest absolute Gasteiger partial charge is 0.480 e. The fourth-order valence-corrected chi connectivity index (χ4v) is 4.08. The lowest BCUT2D eigenvalue weighted by Crippen LogP contribution is -2.48. The van der Waals surface area contributed by atoms with Crippen molar-refractivity contribution in [2.75, 3.05) is 0 Å². The number of thioether (sulfide) groups is 1. The highest BCUT2D eigenvalue weighted by molar-refractivity contribution is 8.01. The molecule has 1 N–H and O–H groups in total. The summed E-state index contributed by atoms with van der Waals surface area (Å²) >= 11 is 1.52. The zero-order chi connectivity index (χ0) is 14.2. The number of rotatable bonds is 2. The molecule has 0 aromatic heterocycles. The molecule has 5 heteroatoms. The number of carbonyl (C=O) groups excluding carboxylic acids is 1. The number of hydrogen-bond donors (Lipinski definition) is 1. The highest BCUT2D eigenvalue weighted by Gasteiger charge is 2.52. The van der Waals surface area contributed by atoms with Gasteiger partial charge in [0.05, 0.1) is 0 Å². The molecule has 0 spiro atoms. The Morgan fingerprint density at radius 2 is 1.84 bits per heavy atom. The molecular formula is C14H17NO3S. The van der Waals surface area contributed by atoms with Crippen LogP contribution in [-0.4, -0.2) is 32.7 Å². The third-order valence-electron chi connectivity index (χ3n) is 3.29. The molecule has 1 fully saturated rings. The number of benzene rings is 1. The molecule has 0 aliphatic carbocycles. The minimum absolute atomic E-state index is 0.209. The van der Waals surface area contributed by atoms with Crippen molar-refractivity contribution in [3.8, 4) is 0 Å². The summed E-state index contributed by atoms with van der Waals surface area (Å²) in [4.78, 5) is 24.9. The molecule has 1 saturated heterocycles. The normalized spacial score (nSPS) is 25.3. The summed E-state index contributed by atoms with van der Waals surface area (Å²) in [7, 11) is 0. The summed E-state index contributed by atoms with van der Waals surface area (Å²) in [6.45, 7) is 5.17. The van der Waals surface area contributed by atoms with Gasteiger partial charge in [0.1, 0.15) is 11.4 Å². The van der Waals surface area contributed by atoms with E-state index in [1.54, 1.807) is 0 Å². The molecule has 1 aromatic carbocycles. The van der Waals surface area contributed by atoms with Crippen LogP contribution >= 0.6 is 11.8 Å². The Hall–Kier alpha value is -1.49. The molecule has 0 unspecified atom stereocenters. The van der Waals surface area contributed by atoms with E-state index in [0.29, 0.717) is 0 Å². The van der Waals surface area contributed by atoms with E-state index in [1.165, 1.54) is 23.6 Å². The number of aliphatic carboxylic acids is 1. The standard InChI is InChI=1S/C14H17NO3S/c1-9(16)15-11(13(17)18)14(2,3)19-12(15)10-7-5-4-6-8-10/h4-8,11-12H,1-3H3,(H,17,18)/t11-,12-/m0/s1. The molecule has 2 atom stereocenters. The molecule has 1 aliphatic heterocycles. The van der Waals surface area contributed by atoms with Crippen LogP contribution in [0.3, 0.4) is 0 Å². The van der Waals surface area contributed by atoms with Crippen LogP contribution in [0.2, 0.25) is 0 Å². The third kappa shape index (κ3) is 2.47. The molecule has 0 bridgehead atoms. The van der Waals surface area contributed by atoms with E-state index in [2.05, 4.69) is 0 Å². The van der Waals surface area contributed by atoms with Crippen LogP contribution < -0.4 is 0 Å². The van der Waals surface area contributed by atoms with E-state index in [-0.39, 0.29) is 11.3 Å². The number of hydrogen-bond acceptors (Lipinski definition) is 3. The molecule has 4 nitrogen and oxygen atoms in total. The lowest BCUT2D eigenvalue weighted by Gasteiger charge is -2.28. The van der Waals surface area contributed by atoms with Gasteiger partial charge in [-0.2, -0.15) is 0 Å². The molecule has 0 saturated carbocycles. The third-order valence-corrected chi connectivity index (χ3v) is 4.84. The van der Waals surface area contributed by atoms with Gasteiger partial charge in [0.25, 0.3) is 0 Å². The maximum atomic E-state index is 11.9. The lowest BCUT2D eigenvalue weighted by molar-refractivity contribution is -0.150. The molecular weight excluding hydrogens is 262 g/mol. The van der Waals surface area contributed by atoms with Crippen LogP contribution in [0.15, 0.2) is 30.3 Å². The highest BCUT2D eigenvalue weighted by atomic mass is 32.2. The summed E-state index contributed by atoms with van der Waals surface area (Å²) in [5.74, 6) is -1.16. The maximum Gasteiger partial charge on any atom is 0.327 e. The van der Waals surface area contributed by atoms with Gasteiger partial charge in [0, 0.05) is 11.7 Å². The first-order valence-electron chi connectivity index (χ1n) is 6.09. The van der Waals surface area contributed by atoms with Gasteiger partial charge in [0.15, 0.2) is 0 Å². The quantitative estimate of drug-likeness (QED) is 0.903. The SMILES string of the molecule is CC(=O)N1[C@@H](C(=O)O)C(C)(C)S[C@H]1c1ccccc1. The van der Waals surface area contributed by atoms with Crippen molar-refractivity contribution in [2.24, 2.45) is 0 Å². The van der Waals surface area contributed by atoms with Gasteiger partial charge in [-0.1, -0.05) is 30.3 Å². The number of amides is 1. The molecule has 2 rings (SSSR count). The summed E-state index contributed by atoms with van der Waals surface area (Å²) < 4.78 is -0.516. The van der Waals surface area contributed by atoms with Gasteiger partial charge in [-0.15, -0.1) is 11.8 Å². The van der Waals surface area contributed by atoms with Gasteiger partial charge in [-0.05, 0) is 19.4 Å². The number of carboxylic acid groups (broad SMARTS) is 1. The van der Waals surface area contributed by atoms with Crippen LogP contribution in [0.4, 0.5) is 0 Å². The highest BCUT2D eigenvalue weighted by Crippen LogP contribution is 2.52. The van der Waals surface area contributed by atoms with E-state index >= 15 is 0 Å². The van der Waals surface area contributed by atoms with Crippen LogP contribution in [0, 0.1) is 0 Å². The summed E-state index contributed by atoms with van der Waals surface area (Å²) in [5, 5.41) is 9.18. The summed E-state index contributed by atoms with van der Waals surface area (Å²) in [5.41, 5.74) is 0.958. The Morgan fingerprint density at radius 3 is 2.32 bits per heavy atom. The van der Waals surface area contributed by atoms with Crippen molar-refractivity contribution in [1.29, 1.82) is 0 Å². The number of carbonyl (C=O) groups is 2. The molecule has 19 heavy (non-hydrogen) atoms. The molecule has 1 aliphatic rings. The fraction of sp³-hybridized carbons (Fsp3) is 0.429. The van der Waals surface area contributed by atoms with Crippen LogP contribution in [-0.2, 0) is 9.59 Å². The Balaban J connectivity index is 2.45. The summed E-state index contributed by atoms with van der Waals surface area (Å²) in [6.07, 6.45) is 0. The summed E-state index contributed by atoms with van der Waals surface area (Å²) in [6, 6.07) is 8.74. The van der Waals surface area contributed by atoms with E-state index in [0.717, 1.165) is 5.56 Å². The van der Waals surface area contributed by atoms with Crippen LogP contribution in [0.1, 0.15) is 31.7 Å². The van der Waals surface area contributed by atoms with Crippen molar-refractivity contribution < 1.29 is 14.7 Å². The van der Waals surface area contributed by atoms with E-state index < -0.39 is 16.8 Å². The van der Waals surface area contributed by atoms with E-state index in [1.807, 2.05) is 44.2 Å². The predicted molar refractivity (Wildman–Crippen MR) is 74.8 cm³/mol. The van der Waals surface area contributed by atoms with Crippen LogP contribution in [0.25, 0.3) is 0 Å². The monoisotopic (exact) mass is 279 g/mol. The Morgan fingerprint density at radius 1 is 1.26 bits per heavy atom. The van der Waals surface area contributed by atoms with Crippen molar-refractivity contribution >= 4 is 23.6 Å². The zero-order valence-corrected chi connectivity index (χ0v) is 12.0. The Bertz CT molecular complexity index is 501. The van der Waals surface area contributed by atoms with Gasteiger partial charge in [-0.3, -0.25) is 4.79 Å². The predicted octanol–water partition coefficient (Wildman–Crippen LogP) is 2.51.